The molecule has 0 spiro atoms. The van der Waals surface area contributed by atoms with Crippen LogP contribution >= 0.6 is 0 Å². The Bertz CT molecular complexity index is 837. The maximum absolute atomic E-state index is 12.8. The second-order valence-corrected chi connectivity index (χ2v) is 6.28. The molecule has 1 heterocycles. The summed E-state index contributed by atoms with van der Waals surface area (Å²) in [6.45, 7) is 2.68. The number of nitrogens with zero attached hydrogens (tertiary/aromatic N) is 2. The minimum atomic E-state index is -0.499. The lowest BCUT2D eigenvalue weighted by molar-refractivity contribution is -0.384. The average Bonchev–Trinajstić information content (AvgIpc) is 3.11. The SMILES string of the molecule is COc1ccc([N+](=O)[O-])cc1NC(=O)N1CCC[C@H]1c1ccccc1C. The average molecular weight is 355 g/mol. The molecule has 1 aliphatic rings. The standard InChI is InChI=1S/C19H21N3O4/c1-13-6-3-4-7-15(13)17-8-5-11-21(17)19(23)20-16-12-14(22(24)25)9-10-18(16)26-2/h3-4,6-7,9-10,12,17H,5,8,11H2,1-2H3,(H,20,23)/t17-/m0/s1. The van der Waals surface area contributed by atoms with Crippen LogP contribution in [0.15, 0.2) is 42.5 Å². The van der Waals surface area contributed by atoms with Crippen molar-refractivity contribution in [2.75, 3.05) is 19.0 Å². The van der Waals surface area contributed by atoms with E-state index in [0.29, 0.717) is 18.0 Å². The Morgan fingerprint density at radius 1 is 1.31 bits per heavy atom. The van der Waals surface area contributed by atoms with Crippen molar-refractivity contribution in [1.29, 1.82) is 0 Å². The van der Waals surface area contributed by atoms with E-state index in [1.807, 2.05) is 31.2 Å². The minimum absolute atomic E-state index is 0.000827. The van der Waals surface area contributed by atoms with Crippen LogP contribution in [0.25, 0.3) is 0 Å². The molecule has 7 heteroatoms. The molecule has 0 radical (unpaired) electrons. The maximum Gasteiger partial charge on any atom is 0.322 e. The number of non-ortho nitro benzene ring substituents is 1. The first-order chi connectivity index (χ1) is 12.5. The molecule has 2 amide bonds. The van der Waals surface area contributed by atoms with E-state index in [0.717, 1.165) is 24.0 Å². The smallest absolute Gasteiger partial charge is 0.322 e. The lowest BCUT2D eigenvalue weighted by atomic mass is 9.99. The number of carbonyl (C=O) groups excluding carboxylic acids is 1. The number of nitro groups is 1. The zero-order valence-electron chi connectivity index (χ0n) is 14.8. The van der Waals surface area contributed by atoms with E-state index in [-0.39, 0.29) is 17.8 Å². The first-order valence-corrected chi connectivity index (χ1v) is 8.47. The Hall–Kier alpha value is -3.09. The van der Waals surface area contributed by atoms with Crippen molar-refractivity contribution in [1.82, 2.24) is 4.90 Å². The molecule has 3 rings (SSSR count). The monoisotopic (exact) mass is 355 g/mol. The molecule has 1 saturated heterocycles. The van der Waals surface area contributed by atoms with Gasteiger partial charge in [-0.3, -0.25) is 10.1 Å². The lowest BCUT2D eigenvalue weighted by Crippen LogP contribution is -2.34. The third-order valence-electron chi connectivity index (χ3n) is 4.70. The molecule has 1 N–H and O–H groups in total. The van der Waals surface area contributed by atoms with Crippen LogP contribution in [0, 0.1) is 17.0 Å². The molecular weight excluding hydrogens is 334 g/mol. The summed E-state index contributed by atoms with van der Waals surface area (Å²) in [6, 6.07) is 11.9. The Labute approximate surface area is 151 Å². The number of amides is 2. The Kier molecular flexibility index (Phi) is 5.06. The van der Waals surface area contributed by atoms with Crippen molar-refractivity contribution in [3.8, 4) is 5.75 Å². The van der Waals surface area contributed by atoms with Crippen molar-refractivity contribution in [3.05, 3.63) is 63.7 Å². The van der Waals surface area contributed by atoms with Crippen LogP contribution in [-0.2, 0) is 0 Å². The molecule has 26 heavy (non-hydrogen) atoms. The Morgan fingerprint density at radius 3 is 2.77 bits per heavy atom. The summed E-state index contributed by atoms with van der Waals surface area (Å²) in [5, 5.41) is 13.8. The number of benzene rings is 2. The number of aryl methyl sites for hydroxylation is 1. The van der Waals surface area contributed by atoms with E-state index in [4.69, 9.17) is 4.74 Å². The topological polar surface area (TPSA) is 84.7 Å². The van der Waals surface area contributed by atoms with Crippen LogP contribution in [0.1, 0.15) is 30.0 Å². The molecule has 7 nitrogen and oxygen atoms in total. The van der Waals surface area contributed by atoms with Crippen molar-refractivity contribution >= 4 is 17.4 Å². The molecule has 0 saturated carbocycles. The second-order valence-electron chi connectivity index (χ2n) is 6.28. The highest BCUT2D eigenvalue weighted by molar-refractivity contribution is 5.92. The van der Waals surface area contributed by atoms with Crippen molar-refractivity contribution < 1.29 is 14.5 Å². The highest BCUT2D eigenvalue weighted by Crippen LogP contribution is 2.35. The Morgan fingerprint density at radius 2 is 2.08 bits per heavy atom. The number of methoxy groups -OCH3 is 1. The summed E-state index contributed by atoms with van der Waals surface area (Å²) in [5.41, 5.74) is 2.47. The number of ether oxygens (including phenoxy) is 1. The molecule has 0 unspecified atom stereocenters. The molecule has 1 atom stereocenters. The fourth-order valence-corrected chi connectivity index (χ4v) is 3.39. The molecule has 1 aliphatic heterocycles. The van der Waals surface area contributed by atoms with E-state index in [1.54, 1.807) is 4.90 Å². The zero-order valence-corrected chi connectivity index (χ0v) is 14.8. The lowest BCUT2D eigenvalue weighted by Gasteiger charge is -2.26. The summed E-state index contributed by atoms with van der Waals surface area (Å²) in [4.78, 5) is 25.1. The highest BCUT2D eigenvalue weighted by atomic mass is 16.6. The number of urea groups is 1. The number of likely N-dealkylation sites (tertiary alicyclic amines) is 1. The largest absolute Gasteiger partial charge is 0.495 e. The van der Waals surface area contributed by atoms with Gasteiger partial charge in [-0.1, -0.05) is 24.3 Å². The van der Waals surface area contributed by atoms with Crippen LogP contribution < -0.4 is 10.1 Å². The van der Waals surface area contributed by atoms with Gasteiger partial charge in [-0.2, -0.15) is 0 Å². The van der Waals surface area contributed by atoms with Gasteiger partial charge in [-0.15, -0.1) is 0 Å². The molecule has 1 fully saturated rings. The molecular formula is C19H21N3O4. The van der Waals surface area contributed by atoms with Gasteiger partial charge in [0, 0.05) is 18.7 Å². The van der Waals surface area contributed by atoms with Crippen molar-refractivity contribution in [2.24, 2.45) is 0 Å². The fraction of sp³-hybridized carbons (Fsp3) is 0.316. The molecule has 0 aliphatic carbocycles. The number of carbonyl (C=O) groups is 1. The van der Waals surface area contributed by atoms with Gasteiger partial charge in [-0.05, 0) is 37.0 Å². The first kappa shape index (κ1) is 17.7. The van der Waals surface area contributed by atoms with Crippen LogP contribution in [0.4, 0.5) is 16.2 Å². The molecule has 0 aromatic heterocycles. The van der Waals surface area contributed by atoms with Gasteiger partial charge in [0.15, 0.2) is 0 Å². The van der Waals surface area contributed by atoms with Crippen LogP contribution in [0.3, 0.4) is 0 Å². The van der Waals surface area contributed by atoms with E-state index in [2.05, 4.69) is 5.32 Å². The third-order valence-corrected chi connectivity index (χ3v) is 4.70. The van der Waals surface area contributed by atoms with E-state index in [1.165, 1.54) is 25.3 Å². The highest BCUT2D eigenvalue weighted by Gasteiger charge is 2.31. The Balaban J connectivity index is 1.84. The van der Waals surface area contributed by atoms with Crippen molar-refractivity contribution in [3.63, 3.8) is 0 Å². The summed E-state index contributed by atoms with van der Waals surface area (Å²) < 4.78 is 5.22. The molecule has 0 bridgehead atoms. The minimum Gasteiger partial charge on any atom is -0.495 e. The first-order valence-electron chi connectivity index (χ1n) is 8.47. The summed E-state index contributed by atoms with van der Waals surface area (Å²) in [6.07, 6.45) is 1.81. The quantitative estimate of drug-likeness (QED) is 0.655. The summed E-state index contributed by atoms with van der Waals surface area (Å²) in [5.74, 6) is 0.385. The number of hydrogen-bond donors (Lipinski definition) is 1. The maximum atomic E-state index is 12.8. The van der Waals surface area contributed by atoms with Gasteiger partial charge in [0.25, 0.3) is 5.69 Å². The molecule has 2 aromatic rings. The van der Waals surface area contributed by atoms with Gasteiger partial charge in [0.1, 0.15) is 5.75 Å². The number of rotatable bonds is 4. The predicted molar refractivity (Wildman–Crippen MR) is 98.5 cm³/mol. The van der Waals surface area contributed by atoms with E-state index < -0.39 is 4.92 Å². The number of nitrogens with one attached hydrogen (secondary N) is 1. The zero-order chi connectivity index (χ0) is 18.7. The van der Waals surface area contributed by atoms with Crippen LogP contribution in [-0.4, -0.2) is 29.5 Å². The second kappa shape index (κ2) is 7.43. The molecule has 2 aromatic carbocycles. The van der Waals surface area contributed by atoms with E-state index in [9.17, 15) is 14.9 Å². The van der Waals surface area contributed by atoms with Gasteiger partial charge in [0.2, 0.25) is 0 Å². The van der Waals surface area contributed by atoms with Gasteiger partial charge in [0.05, 0.1) is 23.8 Å². The van der Waals surface area contributed by atoms with Crippen molar-refractivity contribution in [2.45, 2.75) is 25.8 Å². The molecule has 136 valence electrons. The van der Waals surface area contributed by atoms with Crippen LogP contribution in [0.2, 0.25) is 0 Å². The van der Waals surface area contributed by atoms with Crippen LogP contribution in [0.5, 0.6) is 5.75 Å². The number of anilines is 1. The van der Waals surface area contributed by atoms with Gasteiger partial charge in [-0.25, -0.2) is 4.79 Å². The van der Waals surface area contributed by atoms with E-state index >= 15 is 0 Å². The summed E-state index contributed by atoms with van der Waals surface area (Å²) >= 11 is 0. The van der Waals surface area contributed by atoms with Gasteiger partial charge < -0.3 is 15.0 Å². The number of hydrogen-bond acceptors (Lipinski definition) is 4. The third kappa shape index (κ3) is 3.46. The number of nitro benzene ring substituents is 1. The predicted octanol–water partition coefficient (Wildman–Crippen LogP) is 4.28. The summed E-state index contributed by atoms with van der Waals surface area (Å²) in [7, 11) is 1.46. The van der Waals surface area contributed by atoms with Gasteiger partial charge >= 0.3 is 6.03 Å². The normalized spacial score (nSPS) is 16.4. The fourth-order valence-electron chi connectivity index (χ4n) is 3.39.